The van der Waals surface area contributed by atoms with Crippen molar-refractivity contribution in [3.63, 3.8) is 0 Å². The Hall–Kier alpha value is -2.72. The lowest BCUT2D eigenvalue weighted by molar-refractivity contribution is -0.147. The highest BCUT2D eigenvalue weighted by Crippen LogP contribution is 2.34. The van der Waals surface area contributed by atoms with Crippen molar-refractivity contribution in [2.24, 2.45) is 5.10 Å². The summed E-state index contributed by atoms with van der Waals surface area (Å²) in [5.41, 5.74) is 1.03. The van der Waals surface area contributed by atoms with Crippen molar-refractivity contribution in [1.82, 2.24) is 9.66 Å². The molecule has 0 aliphatic heterocycles. The third-order valence-electron chi connectivity index (χ3n) is 5.40. The Kier molecular flexibility index (Phi) is 9.07. The quantitative estimate of drug-likeness (QED) is 0.230. The monoisotopic (exact) mass is 607 g/mol. The largest absolute Gasteiger partial charge is 0.490 e. The fraction of sp³-hybridized carbons (Fsp3) is 0.360. The number of hydrogen-bond acceptors (Lipinski definition) is 7. The second-order valence-corrected chi connectivity index (χ2v) is 9.61. The lowest BCUT2D eigenvalue weighted by Crippen LogP contribution is -2.25. The van der Waals surface area contributed by atoms with Gasteiger partial charge in [-0.05, 0) is 66.5 Å². The molecule has 0 bridgehead atoms. The fourth-order valence-corrected chi connectivity index (χ4v) is 4.10. The van der Waals surface area contributed by atoms with Crippen LogP contribution in [0.3, 0.4) is 0 Å². The van der Waals surface area contributed by atoms with Crippen molar-refractivity contribution in [3.8, 4) is 11.5 Å². The van der Waals surface area contributed by atoms with Crippen molar-refractivity contribution >= 4 is 54.9 Å². The van der Waals surface area contributed by atoms with E-state index in [0.29, 0.717) is 44.9 Å². The van der Waals surface area contributed by atoms with Crippen LogP contribution in [0.15, 0.2) is 49.2 Å². The van der Waals surface area contributed by atoms with E-state index >= 15 is 0 Å². The van der Waals surface area contributed by atoms with Crippen molar-refractivity contribution in [1.29, 1.82) is 0 Å². The minimum Gasteiger partial charge on any atom is -0.490 e. The van der Waals surface area contributed by atoms with E-state index in [2.05, 4.69) is 37.0 Å². The number of fused-ring (bicyclic) bond motifs is 1. The summed E-state index contributed by atoms with van der Waals surface area (Å²) < 4.78 is 19.0. The second-order valence-electron chi connectivity index (χ2n) is 7.84. The van der Waals surface area contributed by atoms with E-state index in [0.717, 1.165) is 10.9 Å². The molecule has 0 saturated heterocycles. The van der Waals surface area contributed by atoms with Crippen LogP contribution in [0.25, 0.3) is 10.9 Å². The highest BCUT2D eigenvalue weighted by molar-refractivity contribution is 9.10. The fourth-order valence-electron chi connectivity index (χ4n) is 3.31. The van der Waals surface area contributed by atoms with Crippen LogP contribution >= 0.6 is 31.9 Å². The molecule has 0 aliphatic carbocycles. The maximum Gasteiger partial charge on any atom is 0.346 e. The summed E-state index contributed by atoms with van der Waals surface area (Å²) in [4.78, 5) is 29.9. The molecular weight excluding hydrogens is 582 g/mol. The zero-order chi connectivity index (χ0) is 25.7. The van der Waals surface area contributed by atoms with Crippen molar-refractivity contribution in [2.45, 2.75) is 46.1 Å². The van der Waals surface area contributed by atoms with E-state index in [-0.39, 0.29) is 11.5 Å². The van der Waals surface area contributed by atoms with Gasteiger partial charge in [-0.3, -0.25) is 4.79 Å². The SMILES string of the molecule is CCOc1cc(C=Nn2c([C@@H](C)CC)nc3ccc(Br)cc3c2=O)c(Br)cc1O[C@H](C)C(=O)OC. The third kappa shape index (κ3) is 6.10. The summed E-state index contributed by atoms with van der Waals surface area (Å²) in [7, 11) is 1.30. The highest BCUT2D eigenvalue weighted by Gasteiger charge is 2.19. The Morgan fingerprint density at radius 2 is 1.91 bits per heavy atom. The van der Waals surface area contributed by atoms with Gasteiger partial charge in [-0.2, -0.15) is 9.78 Å². The Morgan fingerprint density at radius 1 is 1.17 bits per heavy atom. The number of aromatic nitrogens is 2. The molecule has 0 aliphatic rings. The Balaban J connectivity index is 2.09. The topological polar surface area (TPSA) is 92.0 Å². The first-order valence-corrected chi connectivity index (χ1v) is 12.8. The predicted octanol–water partition coefficient (Wildman–Crippen LogP) is 5.66. The van der Waals surface area contributed by atoms with Gasteiger partial charge in [-0.1, -0.05) is 29.8 Å². The maximum atomic E-state index is 13.4. The summed E-state index contributed by atoms with van der Waals surface area (Å²) in [5.74, 6) is 0.913. The first kappa shape index (κ1) is 26.9. The lowest BCUT2D eigenvalue weighted by atomic mass is 10.1. The van der Waals surface area contributed by atoms with Crippen LogP contribution in [0.2, 0.25) is 0 Å². The predicted molar refractivity (Wildman–Crippen MR) is 143 cm³/mol. The summed E-state index contributed by atoms with van der Waals surface area (Å²) in [5, 5.41) is 4.99. The van der Waals surface area contributed by atoms with Crippen molar-refractivity contribution in [2.75, 3.05) is 13.7 Å². The van der Waals surface area contributed by atoms with Crippen LogP contribution < -0.4 is 15.0 Å². The van der Waals surface area contributed by atoms with Crippen LogP contribution in [0.1, 0.15) is 51.4 Å². The Labute approximate surface area is 220 Å². The second kappa shape index (κ2) is 11.8. The number of benzene rings is 2. The first-order chi connectivity index (χ1) is 16.7. The van der Waals surface area contributed by atoms with Gasteiger partial charge in [0.1, 0.15) is 5.82 Å². The van der Waals surface area contributed by atoms with Gasteiger partial charge in [0, 0.05) is 20.4 Å². The standard InChI is InChI=1S/C25H27Br2N3O5/c1-6-14(3)23-29-20-9-8-17(26)11-18(20)24(31)30(23)28-13-16-10-21(34-7-2)22(12-19(16)27)35-15(4)25(32)33-5/h8-15H,6-7H2,1-5H3/t14-,15+/m0/s1. The van der Waals surface area contributed by atoms with E-state index in [1.54, 1.807) is 31.3 Å². The number of esters is 1. The molecule has 1 aromatic heterocycles. The highest BCUT2D eigenvalue weighted by atomic mass is 79.9. The van der Waals surface area contributed by atoms with E-state index < -0.39 is 12.1 Å². The number of carbonyl (C=O) groups is 1. The van der Waals surface area contributed by atoms with Gasteiger partial charge >= 0.3 is 5.97 Å². The van der Waals surface area contributed by atoms with E-state index in [1.165, 1.54) is 11.8 Å². The van der Waals surface area contributed by atoms with E-state index in [4.69, 9.17) is 19.2 Å². The molecule has 35 heavy (non-hydrogen) atoms. The molecule has 2 aromatic carbocycles. The van der Waals surface area contributed by atoms with Crippen LogP contribution in [-0.4, -0.2) is 41.7 Å². The van der Waals surface area contributed by atoms with E-state index in [1.807, 2.05) is 32.9 Å². The summed E-state index contributed by atoms with van der Waals surface area (Å²) in [6.45, 7) is 7.88. The number of nitrogens with zero attached hydrogens (tertiary/aromatic N) is 3. The molecule has 0 radical (unpaired) electrons. The van der Waals surface area contributed by atoms with Crippen LogP contribution in [0.5, 0.6) is 11.5 Å². The smallest absolute Gasteiger partial charge is 0.346 e. The van der Waals surface area contributed by atoms with Gasteiger partial charge in [0.25, 0.3) is 5.56 Å². The van der Waals surface area contributed by atoms with Gasteiger partial charge in [-0.25, -0.2) is 9.78 Å². The zero-order valence-corrected chi connectivity index (χ0v) is 23.3. The number of hydrogen-bond donors (Lipinski definition) is 0. The van der Waals surface area contributed by atoms with E-state index in [9.17, 15) is 9.59 Å². The first-order valence-electron chi connectivity index (χ1n) is 11.2. The number of rotatable bonds is 9. The number of carbonyl (C=O) groups excluding carboxylic acids is 1. The average Bonchev–Trinajstić information content (AvgIpc) is 2.84. The van der Waals surface area contributed by atoms with Crippen LogP contribution in [0.4, 0.5) is 0 Å². The number of ether oxygens (including phenoxy) is 3. The molecule has 0 saturated carbocycles. The minimum absolute atomic E-state index is 0.0194. The van der Waals surface area contributed by atoms with Crippen LogP contribution in [-0.2, 0) is 9.53 Å². The minimum atomic E-state index is -0.815. The molecule has 8 nitrogen and oxygen atoms in total. The molecule has 186 valence electrons. The molecule has 0 unspecified atom stereocenters. The lowest BCUT2D eigenvalue weighted by Gasteiger charge is -2.17. The molecule has 1 heterocycles. The molecule has 0 fully saturated rings. The zero-order valence-electron chi connectivity index (χ0n) is 20.2. The maximum absolute atomic E-state index is 13.4. The molecular formula is C25H27Br2N3O5. The number of methoxy groups -OCH3 is 1. The van der Waals surface area contributed by atoms with Gasteiger partial charge in [0.2, 0.25) is 0 Å². The number of halogens is 2. The molecule has 3 aromatic rings. The van der Waals surface area contributed by atoms with Gasteiger partial charge < -0.3 is 14.2 Å². The molecule has 0 N–H and O–H groups in total. The molecule has 10 heteroatoms. The molecule has 0 amide bonds. The van der Waals surface area contributed by atoms with Crippen molar-refractivity contribution in [3.05, 3.63) is 61.0 Å². The molecule has 0 spiro atoms. The summed E-state index contributed by atoms with van der Waals surface area (Å²) >= 11 is 6.95. The van der Waals surface area contributed by atoms with Gasteiger partial charge in [0.05, 0.1) is 30.8 Å². The normalized spacial score (nSPS) is 13.1. The summed E-state index contributed by atoms with van der Waals surface area (Å²) in [6, 6.07) is 8.85. The van der Waals surface area contributed by atoms with Crippen LogP contribution in [0, 0.1) is 0 Å². The Bertz CT molecular complexity index is 1320. The van der Waals surface area contributed by atoms with Gasteiger partial charge in [0.15, 0.2) is 17.6 Å². The average molecular weight is 609 g/mol. The molecule has 2 atom stereocenters. The summed E-state index contributed by atoms with van der Waals surface area (Å²) in [6.07, 6.45) is 1.55. The van der Waals surface area contributed by atoms with Gasteiger partial charge in [-0.15, -0.1) is 0 Å². The van der Waals surface area contributed by atoms with Crippen molar-refractivity contribution < 1.29 is 19.0 Å². The third-order valence-corrected chi connectivity index (χ3v) is 6.58. The Morgan fingerprint density at radius 3 is 2.57 bits per heavy atom. The molecule has 3 rings (SSSR count).